The molecule has 0 aliphatic heterocycles. The number of methoxy groups -OCH3 is 1. The van der Waals surface area contributed by atoms with E-state index in [1.807, 2.05) is 0 Å². The van der Waals surface area contributed by atoms with Gasteiger partial charge in [0.05, 0.1) is 29.6 Å². The third-order valence-electron chi connectivity index (χ3n) is 5.33. The van der Waals surface area contributed by atoms with E-state index < -0.39 is 51.7 Å². The first-order valence-electron chi connectivity index (χ1n) is 10.5. The highest BCUT2D eigenvalue weighted by atomic mass is 32.2. The van der Waals surface area contributed by atoms with E-state index in [2.05, 4.69) is 9.17 Å². The van der Waals surface area contributed by atoms with Gasteiger partial charge >= 0.3 is 0 Å². The van der Waals surface area contributed by atoms with E-state index in [9.17, 15) is 35.8 Å². The zero-order chi connectivity index (χ0) is 27.7. The molecule has 4 aromatic rings. The first-order valence-corrected chi connectivity index (χ1v) is 11.6. The normalized spacial score (nSPS) is 11.5. The van der Waals surface area contributed by atoms with Crippen molar-refractivity contribution in [3.8, 4) is 22.8 Å². The molecule has 0 amide bonds. The van der Waals surface area contributed by atoms with Crippen molar-refractivity contribution in [3.63, 3.8) is 0 Å². The summed E-state index contributed by atoms with van der Waals surface area (Å²) in [5, 5.41) is 11.5. The third-order valence-corrected chi connectivity index (χ3v) is 6.29. The average Bonchev–Trinajstić information content (AvgIpc) is 2.92. The minimum Gasteiger partial charge on any atom is -0.494 e. The van der Waals surface area contributed by atoms with Gasteiger partial charge in [0.2, 0.25) is 45.9 Å². The van der Waals surface area contributed by atoms with Gasteiger partial charge in [0, 0.05) is 11.6 Å². The SMILES string of the molecule is COc1cc(-c2cccc(F)c2)ncc1N(O)c1ccc(S(=O)Oc2c(F)c(F)c(F)c(F)c2F)cc1C.O. The second kappa shape index (κ2) is 11.7. The molecule has 7 nitrogen and oxygen atoms in total. The lowest BCUT2D eigenvalue weighted by atomic mass is 10.1. The van der Waals surface area contributed by atoms with Crippen LogP contribution in [0.2, 0.25) is 0 Å². The van der Waals surface area contributed by atoms with Crippen LogP contribution in [-0.2, 0) is 11.1 Å². The molecule has 1 heterocycles. The minimum absolute atomic E-state index is 0. The smallest absolute Gasteiger partial charge is 0.240 e. The van der Waals surface area contributed by atoms with Gasteiger partial charge in [-0.2, -0.15) is 8.78 Å². The van der Waals surface area contributed by atoms with E-state index in [1.165, 1.54) is 56.6 Å². The summed E-state index contributed by atoms with van der Waals surface area (Å²) in [5.74, 6) is -13.4. The summed E-state index contributed by atoms with van der Waals surface area (Å²) < 4.78 is 104. The maximum Gasteiger partial charge on any atom is 0.240 e. The fourth-order valence-electron chi connectivity index (χ4n) is 3.44. The van der Waals surface area contributed by atoms with Crippen LogP contribution in [0.25, 0.3) is 11.3 Å². The lowest BCUT2D eigenvalue weighted by molar-refractivity contribution is 0.294. The number of pyridine rings is 1. The van der Waals surface area contributed by atoms with Crippen LogP contribution in [0.5, 0.6) is 11.5 Å². The van der Waals surface area contributed by atoms with E-state index in [-0.39, 0.29) is 33.1 Å². The highest BCUT2D eigenvalue weighted by Crippen LogP contribution is 2.37. The number of nitrogens with zero attached hydrogens (tertiary/aromatic N) is 2. The third kappa shape index (κ3) is 5.67. The number of anilines is 2. The Morgan fingerprint density at radius 3 is 2.10 bits per heavy atom. The molecule has 0 spiro atoms. The first kappa shape index (κ1) is 29.4. The van der Waals surface area contributed by atoms with Gasteiger partial charge in [0.25, 0.3) is 0 Å². The molecule has 0 fully saturated rings. The van der Waals surface area contributed by atoms with Crippen LogP contribution < -0.4 is 14.0 Å². The predicted octanol–water partition coefficient (Wildman–Crippen LogP) is 5.70. The molecule has 14 heteroatoms. The monoisotopic (exact) mass is 572 g/mol. The minimum atomic E-state index is -2.69. The number of hydrogen-bond donors (Lipinski definition) is 1. The van der Waals surface area contributed by atoms with Gasteiger partial charge in [-0.1, -0.05) is 12.1 Å². The van der Waals surface area contributed by atoms with Crippen LogP contribution in [0.15, 0.2) is 59.6 Å². The molecule has 206 valence electrons. The number of aromatic nitrogens is 1. The number of benzene rings is 3. The maximum atomic E-state index is 13.9. The lowest BCUT2D eigenvalue weighted by Crippen LogP contribution is -2.14. The van der Waals surface area contributed by atoms with Crippen molar-refractivity contribution in [2.24, 2.45) is 0 Å². The van der Waals surface area contributed by atoms with Crippen molar-refractivity contribution in [2.45, 2.75) is 11.8 Å². The van der Waals surface area contributed by atoms with Crippen LogP contribution >= 0.6 is 0 Å². The fraction of sp³-hybridized carbons (Fsp3) is 0.0800. The first-order chi connectivity index (χ1) is 18.0. The van der Waals surface area contributed by atoms with Crippen molar-refractivity contribution < 1.29 is 50.2 Å². The Bertz CT molecular complexity index is 1540. The standard InChI is InChI=1S/C25H16F6N2O4S.H2O/c1-12-8-15(38(35)37-25-23(30)21(28)20(27)22(29)24(25)31)6-7-17(12)33(34)18-11-32-16(10-19(18)36-2)13-4-3-5-14(26)9-13;/h3-11,34H,1-2H3;1H2. The van der Waals surface area contributed by atoms with Crippen molar-refractivity contribution in [2.75, 3.05) is 12.2 Å². The van der Waals surface area contributed by atoms with Crippen LogP contribution in [0, 0.1) is 41.8 Å². The molecule has 0 radical (unpaired) electrons. The molecule has 3 N–H and O–H groups in total. The molecule has 39 heavy (non-hydrogen) atoms. The van der Waals surface area contributed by atoms with Crippen LogP contribution in [0.1, 0.15) is 5.56 Å². The summed E-state index contributed by atoms with van der Waals surface area (Å²) in [5.41, 5.74) is 1.33. The molecule has 1 aromatic heterocycles. The van der Waals surface area contributed by atoms with Crippen molar-refractivity contribution in [3.05, 3.63) is 95.2 Å². The summed E-state index contributed by atoms with van der Waals surface area (Å²) in [4.78, 5) is 4.03. The van der Waals surface area contributed by atoms with Crippen molar-refractivity contribution in [1.29, 1.82) is 0 Å². The Hall–Kier alpha value is -4.14. The quantitative estimate of drug-likeness (QED) is 0.132. The van der Waals surface area contributed by atoms with Gasteiger partial charge in [-0.15, -0.1) is 0 Å². The molecule has 1 unspecified atom stereocenters. The Balaban J connectivity index is 0.00000420. The van der Waals surface area contributed by atoms with E-state index in [4.69, 9.17) is 4.74 Å². The summed E-state index contributed by atoms with van der Waals surface area (Å²) >= 11 is -2.69. The van der Waals surface area contributed by atoms with Gasteiger partial charge < -0.3 is 14.4 Å². The van der Waals surface area contributed by atoms with Crippen LogP contribution in [-0.4, -0.2) is 27.0 Å². The number of ether oxygens (including phenoxy) is 1. The Kier molecular flexibility index (Phi) is 8.84. The Morgan fingerprint density at radius 2 is 1.51 bits per heavy atom. The Labute approximate surface area is 219 Å². The van der Waals surface area contributed by atoms with E-state index in [0.29, 0.717) is 16.3 Å². The molecule has 0 bridgehead atoms. The summed E-state index contributed by atoms with van der Waals surface area (Å²) in [6.45, 7) is 1.48. The van der Waals surface area contributed by atoms with Crippen molar-refractivity contribution in [1.82, 2.24) is 4.98 Å². The summed E-state index contributed by atoms with van der Waals surface area (Å²) in [7, 11) is 1.35. The van der Waals surface area contributed by atoms with Crippen molar-refractivity contribution >= 4 is 22.5 Å². The molecule has 0 saturated heterocycles. The summed E-state index contributed by atoms with van der Waals surface area (Å²) in [6, 6.07) is 10.8. The summed E-state index contributed by atoms with van der Waals surface area (Å²) in [6.07, 6.45) is 1.27. The van der Waals surface area contributed by atoms with Crippen LogP contribution in [0.3, 0.4) is 0 Å². The molecular formula is C25H18F6N2O5S. The number of rotatable bonds is 7. The largest absolute Gasteiger partial charge is 0.494 e. The van der Waals surface area contributed by atoms with Gasteiger partial charge in [0.15, 0.2) is 0 Å². The molecule has 3 aromatic carbocycles. The zero-order valence-corrected chi connectivity index (χ0v) is 20.8. The molecule has 0 aliphatic carbocycles. The fourth-order valence-corrected chi connectivity index (χ4v) is 4.28. The molecule has 0 aliphatic rings. The van der Waals surface area contributed by atoms with E-state index in [1.54, 1.807) is 6.07 Å². The van der Waals surface area contributed by atoms with E-state index in [0.717, 1.165) is 6.07 Å². The second-order valence-electron chi connectivity index (χ2n) is 7.73. The molecule has 4 rings (SSSR count). The number of aryl methyl sites for hydroxylation is 1. The predicted molar refractivity (Wildman–Crippen MR) is 128 cm³/mol. The zero-order valence-electron chi connectivity index (χ0n) is 19.9. The van der Waals surface area contributed by atoms with E-state index >= 15 is 0 Å². The molecular weight excluding hydrogens is 554 g/mol. The lowest BCUT2D eigenvalue weighted by Gasteiger charge is -2.22. The molecule has 1 atom stereocenters. The van der Waals surface area contributed by atoms with Crippen LogP contribution in [0.4, 0.5) is 37.7 Å². The van der Waals surface area contributed by atoms with Gasteiger partial charge in [-0.3, -0.25) is 10.2 Å². The molecule has 0 saturated carbocycles. The highest BCUT2D eigenvalue weighted by Gasteiger charge is 2.29. The average molecular weight is 572 g/mol. The maximum absolute atomic E-state index is 13.9. The number of halogens is 6. The van der Waals surface area contributed by atoms with Gasteiger partial charge in [0.1, 0.15) is 17.3 Å². The van der Waals surface area contributed by atoms with Gasteiger partial charge in [-0.05, 0) is 42.8 Å². The van der Waals surface area contributed by atoms with Gasteiger partial charge in [-0.25, -0.2) is 26.8 Å². The highest BCUT2D eigenvalue weighted by molar-refractivity contribution is 7.80. The second-order valence-corrected chi connectivity index (χ2v) is 8.84. The number of hydrogen-bond acceptors (Lipinski definition) is 6. The topological polar surface area (TPSA) is 103 Å². The Morgan fingerprint density at radius 1 is 0.872 bits per heavy atom.